The van der Waals surface area contributed by atoms with E-state index in [4.69, 9.17) is 0 Å². The zero-order valence-corrected chi connectivity index (χ0v) is 14.3. The molecule has 3 heteroatoms. The summed E-state index contributed by atoms with van der Waals surface area (Å²) in [4.78, 5) is 27.8. The van der Waals surface area contributed by atoms with Crippen molar-refractivity contribution in [2.75, 3.05) is 19.0 Å². The van der Waals surface area contributed by atoms with Gasteiger partial charge in [-0.2, -0.15) is 0 Å². The number of carbonyl (C=O) groups excluding carboxylic acids is 2. The first-order valence-electron chi connectivity index (χ1n) is 8.09. The van der Waals surface area contributed by atoms with Crippen LogP contribution in [0.2, 0.25) is 0 Å². The van der Waals surface area contributed by atoms with E-state index >= 15 is 0 Å². The quantitative estimate of drug-likeness (QED) is 0.658. The maximum absolute atomic E-state index is 13.0. The molecule has 0 heterocycles. The van der Waals surface area contributed by atoms with Gasteiger partial charge in [-0.25, -0.2) is 0 Å². The molecule has 0 atom stereocenters. The minimum Gasteiger partial charge on any atom is -0.378 e. The van der Waals surface area contributed by atoms with Gasteiger partial charge in [-0.1, -0.05) is 60.7 Å². The molecule has 0 unspecified atom stereocenters. The predicted molar refractivity (Wildman–Crippen MR) is 101 cm³/mol. The van der Waals surface area contributed by atoms with Gasteiger partial charge in [0, 0.05) is 42.0 Å². The van der Waals surface area contributed by atoms with Gasteiger partial charge in [-0.15, -0.1) is 0 Å². The average Bonchev–Trinajstić information content (AvgIpc) is 2.67. The van der Waals surface area contributed by atoms with E-state index in [-0.39, 0.29) is 11.6 Å². The van der Waals surface area contributed by atoms with E-state index in [2.05, 4.69) is 0 Å². The van der Waals surface area contributed by atoms with Crippen molar-refractivity contribution in [3.8, 4) is 0 Å². The Kier molecular flexibility index (Phi) is 4.75. The molecular weight excluding hydrogens is 310 g/mol. The highest BCUT2D eigenvalue weighted by Gasteiger charge is 2.20. The standard InChI is InChI=1S/C22H19NO2/c1-23(2)18-13-14-19(21(24)16-9-5-3-6-10-16)20(15-18)22(25)17-11-7-4-8-12-17/h3-15H,1-2H3. The molecule has 3 aromatic rings. The molecule has 0 amide bonds. The van der Waals surface area contributed by atoms with E-state index in [0.717, 1.165) is 5.69 Å². The van der Waals surface area contributed by atoms with Crippen LogP contribution in [0.5, 0.6) is 0 Å². The summed E-state index contributed by atoms with van der Waals surface area (Å²) in [5, 5.41) is 0. The van der Waals surface area contributed by atoms with E-state index in [0.29, 0.717) is 22.3 Å². The fourth-order valence-electron chi connectivity index (χ4n) is 2.69. The Morgan fingerprint density at radius 1 is 0.640 bits per heavy atom. The highest BCUT2D eigenvalue weighted by molar-refractivity contribution is 6.20. The van der Waals surface area contributed by atoms with E-state index < -0.39 is 0 Å². The third-order valence-corrected chi connectivity index (χ3v) is 4.08. The van der Waals surface area contributed by atoms with Crippen molar-refractivity contribution < 1.29 is 9.59 Å². The SMILES string of the molecule is CN(C)c1ccc(C(=O)c2ccccc2)c(C(=O)c2ccccc2)c1. The molecule has 0 saturated carbocycles. The van der Waals surface area contributed by atoms with Gasteiger partial charge in [0.15, 0.2) is 11.6 Å². The maximum Gasteiger partial charge on any atom is 0.193 e. The van der Waals surface area contributed by atoms with Crippen LogP contribution in [0.4, 0.5) is 5.69 Å². The van der Waals surface area contributed by atoms with Crippen LogP contribution >= 0.6 is 0 Å². The lowest BCUT2D eigenvalue weighted by Crippen LogP contribution is -2.14. The number of nitrogens with zero attached hydrogens (tertiary/aromatic N) is 1. The van der Waals surface area contributed by atoms with Gasteiger partial charge in [0.1, 0.15) is 0 Å². The number of benzene rings is 3. The molecule has 3 aromatic carbocycles. The molecule has 0 spiro atoms. The zero-order valence-electron chi connectivity index (χ0n) is 14.3. The van der Waals surface area contributed by atoms with Crippen molar-refractivity contribution in [3.05, 3.63) is 101 Å². The van der Waals surface area contributed by atoms with Gasteiger partial charge in [0.2, 0.25) is 0 Å². The van der Waals surface area contributed by atoms with Crippen LogP contribution in [-0.2, 0) is 0 Å². The largest absolute Gasteiger partial charge is 0.378 e. The van der Waals surface area contributed by atoms with Gasteiger partial charge in [-0.05, 0) is 18.2 Å². The van der Waals surface area contributed by atoms with Gasteiger partial charge in [0.05, 0.1) is 0 Å². The Bertz CT molecular complexity index is 900. The number of rotatable bonds is 5. The van der Waals surface area contributed by atoms with Crippen LogP contribution in [0.1, 0.15) is 31.8 Å². The third-order valence-electron chi connectivity index (χ3n) is 4.08. The van der Waals surface area contributed by atoms with Crippen molar-refractivity contribution in [3.63, 3.8) is 0 Å². The number of carbonyl (C=O) groups is 2. The topological polar surface area (TPSA) is 37.4 Å². The Labute approximate surface area is 147 Å². The normalized spacial score (nSPS) is 10.3. The second-order valence-corrected chi connectivity index (χ2v) is 6.01. The lowest BCUT2D eigenvalue weighted by molar-refractivity contribution is 0.100. The third kappa shape index (κ3) is 3.50. The van der Waals surface area contributed by atoms with Crippen LogP contribution in [0.3, 0.4) is 0 Å². The van der Waals surface area contributed by atoms with Crippen LogP contribution < -0.4 is 4.90 Å². The molecule has 0 bridgehead atoms. The van der Waals surface area contributed by atoms with Crippen molar-refractivity contribution in [1.82, 2.24) is 0 Å². The van der Waals surface area contributed by atoms with Gasteiger partial charge >= 0.3 is 0 Å². The van der Waals surface area contributed by atoms with Crippen LogP contribution in [-0.4, -0.2) is 25.7 Å². The average molecular weight is 329 g/mol. The fourth-order valence-corrected chi connectivity index (χ4v) is 2.69. The molecule has 0 aliphatic heterocycles. The Balaban J connectivity index is 2.12. The molecule has 0 fully saturated rings. The van der Waals surface area contributed by atoms with E-state index in [9.17, 15) is 9.59 Å². The molecule has 3 rings (SSSR count). The number of ketones is 2. The molecule has 0 radical (unpaired) electrons. The molecule has 25 heavy (non-hydrogen) atoms. The summed E-state index contributed by atoms with van der Waals surface area (Å²) < 4.78 is 0. The summed E-state index contributed by atoms with van der Waals surface area (Å²) in [6.45, 7) is 0. The molecule has 0 aromatic heterocycles. The number of anilines is 1. The zero-order chi connectivity index (χ0) is 17.8. The molecule has 124 valence electrons. The Morgan fingerprint density at radius 3 is 1.60 bits per heavy atom. The maximum atomic E-state index is 13.0. The van der Waals surface area contributed by atoms with Crippen molar-refractivity contribution in [2.45, 2.75) is 0 Å². The van der Waals surface area contributed by atoms with E-state index in [1.807, 2.05) is 61.5 Å². The monoisotopic (exact) mass is 329 g/mol. The molecule has 3 nitrogen and oxygen atoms in total. The predicted octanol–water partition coefficient (Wildman–Crippen LogP) is 4.21. The van der Waals surface area contributed by atoms with Crippen LogP contribution in [0.25, 0.3) is 0 Å². The summed E-state index contributed by atoms with van der Waals surface area (Å²) in [6, 6.07) is 23.4. The first-order valence-corrected chi connectivity index (χ1v) is 8.09. The van der Waals surface area contributed by atoms with Crippen LogP contribution in [0, 0.1) is 0 Å². The molecule has 0 N–H and O–H groups in total. The Morgan fingerprint density at radius 2 is 1.12 bits per heavy atom. The second-order valence-electron chi connectivity index (χ2n) is 6.01. The van der Waals surface area contributed by atoms with E-state index in [1.54, 1.807) is 36.4 Å². The summed E-state index contributed by atoms with van der Waals surface area (Å²) >= 11 is 0. The first kappa shape index (κ1) is 16.7. The lowest BCUT2D eigenvalue weighted by Gasteiger charge is -2.16. The van der Waals surface area contributed by atoms with Crippen molar-refractivity contribution >= 4 is 17.3 Å². The smallest absolute Gasteiger partial charge is 0.193 e. The van der Waals surface area contributed by atoms with Gasteiger partial charge < -0.3 is 4.90 Å². The summed E-state index contributed by atoms with van der Waals surface area (Å²) in [5.41, 5.74) is 2.86. The molecule has 0 saturated heterocycles. The Hall–Kier alpha value is -3.20. The summed E-state index contributed by atoms with van der Waals surface area (Å²) in [6.07, 6.45) is 0. The minimum atomic E-state index is -0.149. The summed E-state index contributed by atoms with van der Waals surface area (Å²) in [5.74, 6) is -0.297. The number of hydrogen-bond donors (Lipinski definition) is 0. The highest BCUT2D eigenvalue weighted by atomic mass is 16.1. The summed E-state index contributed by atoms with van der Waals surface area (Å²) in [7, 11) is 3.82. The first-order chi connectivity index (χ1) is 12.1. The fraction of sp³-hybridized carbons (Fsp3) is 0.0909. The number of hydrogen-bond acceptors (Lipinski definition) is 3. The second kappa shape index (κ2) is 7.14. The van der Waals surface area contributed by atoms with Crippen molar-refractivity contribution in [2.24, 2.45) is 0 Å². The van der Waals surface area contributed by atoms with Crippen molar-refractivity contribution in [1.29, 1.82) is 0 Å². The minimum absolute atomic E-state index is 0.148. The molecular formula is C22H19NO2. The lowest BCUT2D eigenvalue weighted by atomic mass is 9.92. The van der Waals surface area contributed by atoms with Gasteiger partial charge in [-0.3, -0.25) is 9.59 Å². The van der Waals surface area contributed by atoms with Gasteiger partial charge in [0.25, 0.3) is 0 Å². The van der Waals surface area contributed by atoms with Crippen LogP contribution in [0.15, 0.2) is 78.9 Å². The molecule has 0 aliphatic carbocycles. The van der Waals surface area contributed by atoms with E-state index in [1.165, 1.54) is 0 Å². The molecule has 0 aliphatic rings. The highest BCUT2D eigenvalue weighted by Crippen LogP contribution is 2.23.